The molecule has 100 valence electrons. The first-order valence-corrected chi connectivity index (χ1v) is 7.61. The normalized spacial score (nSPS) is 10.5. The summed E-state index contributed by atoms with van der Waals surface area (Å²) in [5.41, 5.74) is 1.35. The van der Waals surface area contributed by atoms with Gasteiger partial charge in [-0.15, -0.1) is 11.3 Å². The van der Waals surface area contributed by atoms with E-state index in [1.807, 2.05) is 12.3 Å². The molecule has 0 unspecified atom stereocenters. The van der Waals surface area contributed by atoms with Gasteiger partial charge in [-0.3, -0.25) is 4.79 Å². The number of thiazole rings is 1. The van der Waals surface area contributed by atoms with Crippen LogP contribution in [0.5, 0.6) is 0 Å². The number of aromatic nitrogens is 2. The Bertz CT molecular complexity index is 602. The predicted octanol–water partition coefficient (Wildman–Crippen LogP) is 3.23. The minimum Gasteiger partial charge on any atom is -0.352 e. The van der Waals surface area contributed by atoms with Crippen molar-refractivity contribution in [2.24, 2.45) is 0 Å². The van der Waals surface area contributed by atoms with Crippen LogP contribution in [-0.4, -0.2) is 22.4 Å². The fourth-order valence-corrected chi connectivity index (χ4v) is 2.67. The number of hydrogen-bond donors (Lipinski definition) is 1. The van der Waals surface area contributed by atoms with Gasteiger partial charge in [0, 0.05) is 29.0 Å². The lowest BCUT2D eigenvalue weighted by Crippen LogP contribution is -2.26. The van der Waals surface area contributed by atoms with E-state index in [-0.39, 0.29) is 11.1 Å². The van der Waals surface area contributed by atoms with Crippen molar-refractivity contribution in [2.75, 3.05) is 6.54 Å². The zero-order chi connectivity index (χ0) is 13.8. The molecule has 2 aromatic rings. The van der Waals surface area contributed by atoms with Crippen molar-refractivity contribution in [3.63, 3.8) is 0 Å². The van der Waals surface area contributed by atoms with E-state index in [1.165, 1.54) is 0 Å². The highest BCUT2D eigenvalue weighted by Gasteiger charge is 2.11. The maximum Gasteiger partial charge on any atom is 0.254 e. The van der Waals surface area contributed by atoms with Gasteiger partial charge in [0.15, 0.2) is 0 Å². The highest BCUT2D eigenvalue weighted by Crippen LogP contribution is 2.17. The average molecular weight is 361 g/mol. The van der Waals surface area contributed by atoms with Crippen LogP contribution in [-0.2, 0) is 6.42 Å². The van der Waals surface area contributed by atoms with Crippen molar-refractivity contribution < 1.29 is 4.79 Å². The van der Waals surface area contributed by atoms with E-state index in [0.29, 0.717) is 18.5 Å². The van der Waals surface area contributed by atoms with Crippen LogP contribution in [0.15, 0.2) is 22.1 Å². The number of rotatable bonds is 4. The molecule has 2 rings (SSSR count). The summed E-state index contributed by atoms with van der Waals surface area (Å²) in [5, 5.41) is 6.03. The topological polar surface area (TPSA) is 54.9 Å². The average Bonchev–Trinajstić information content (AvgIpc) is 2.78. The molecule has 0 aromatic carbocycles. The SMILES string of the molecule is Cc1nc(CCNC(=O)c2cc(Br)cnc2Cl)cs1. The van der Waals surface area contributed by atoms with Crippen LogP contribution < -0.4 is 5.32 Å². The van der Waals surface area contributed by atoms with Gasteiger partial charge in [0.2, 0.25) is 0 Å². The Balaban J connectivity index is 1.92. The van der Waals surface area contributed by atoms with Gasteiger partial charge < -0.3 is 5.32 Å². The third-order valence-electron chi connectivity index (χ3n) is 2.38. The molecule has 0 spiro atoms. The smallest absolute Gasteiger partial charge is 0.254 e. The third-order valence-corrected chi connectivity index (χ3v) is 3.94. The molecule has 0 saturated heterocycles. The summed E-state index contributed by atoms with van der Waals surface area (Å²) in [6, 6.07) is 1.65. The summed E-state index contributed by atoms with van der Waals surface area (Å²) >= 11 is 10.8. The molecule has 0 bridgehead atoms. The summed E-state index contributed by atoms with van der Waals surface area (Å²) in [7, 11) is 0. The number of pyridine rings is 1. The minimum atomic E-state index is -0.231. The molecular formula is C12H11BrClN3OS. The van der Waals surface area contributed by atoms with Gasteiger partial charge in [0.05, 0.1) is 16.3 Å². The lowest BCUT2D eigenvalue weighted by molar-refractivity contribution is 0.0954. The zero-order valence-corrected chi connectivity index (χ0v) is 13.3. The summed E-state index contributed by atoms with van der Waals surface area (Å²) in [6.07, 6.45) is 2.26. The van der Waals surface area contributed by atoms with Crippen LogP contribution in [0.2, 0.25) is 5.15 Å². The summed E-state index contributed by atoms with van der Waals surface area (Å²) in [6.45, 7) is 2.48. The maximum absolute atomic E-state index is 11.9. The van der Waals surface area contributed by atoms with Crippen LogP contribution in [0.4, 0.5) is 0 Å². The van der Waals surface area contributed by atoms with E-state index in [9.17, 15) is 4.79 Å². The fraction of sp³-hybridized carbons (Fsp3) is 0.250. The van der Waals surface area contributed by atoms with Gasteiger partial charge in [-0.25, -0.2) is 9.97 Å². The summed E-state index contributed by atoms with van der Waals surface area (Å²) in [5.74, 6) is -0.231. The highest BCUT2D eigenvalue weighted by atomic mass is 79.9. The second-order valence-electron chi connectivity index (χ2n) is 3.86. The monoisotopic (exact) mass is 359 g/mol. The molecule has 0 aliphatic heterocycles. The molecule has 0 atom stereocenters. The Labute approximate surface area is 128 Å². The van der Waals surface area contributed by atoms with Gasteiger partial charge in [0.25, 0.3) is 5.91 Å². The lowest BCUT2D eigenvalue weighted by Gasteiger charge is -2.05. The molecule has 7 heteroatoms. The quantitative estimate of drug-likeness (QED) is 0.852. The van der Waals surface area contributed by atoms with Crippen molar-refractivity contribution in [2.45, 2.75) is 13.3 Å². The van der Waals surface area contributed by atoms with Gasteiger partial charge >= 0.3 is 0 Å². The van der Waals surface area contributed by atoms with E-state index in [1.54, 1.807) is 23.6 Å². The first kappa shape index (κ1) is 14.4. The van der Waals surface area contributed by atoms with E-state index in [0.717, 1.165) is 15.2 Å². The number of nitrogens with one attached hydrogen (secondary N) is 1. The van der Waals surface area contributed by atoms with Crippen LogP contribution in [0.1, 0.15) is 21.1 Å². The molecule has 1 amide bonds. The van der Waals surface area contributed by atoms with Crippen molar-refractivity contribution in [1.29, 1.82) is 0 Å². The Hall–Kier alpha value is -0.980. The number of hydrogen-bond acceptors (Lipinski definition) is 4. The van der Waals surface area contributed by atoms with Gasteiger partial charge in [0.1, 0.15) is 5.15 Å². The molecule has 19 heavy (non-hydrogen) atoms. The lowest BCUT2D eigenvalue weighted by atomic mass is 10.2. The molecule has 0 aliphatic rings. The number of halogens is 2. The van der Waals surface area contributed by atoms with Crippen molar-refractivity contribution in [1.82, 2.24) is 15.3 Å². The van der Waals surface area contributed by atoms with Crippen LogP contribution in [0.25, 0.3) is 0 Å². The molecule has 2 aromatic heterocycles. The first-order chi connectivity index (χ1) is 9.06. The zero-order valence-electron chi connectivity index (χ0n) is 10.1. The van der Waals surface area contributed by atoms with Crippen LogP contribution >= 0.6 is 38.9 Å². The molecule has 4 nitrogen and oxygen atoms in total. The molecular weight excluding hydrogens is 350 g/mol. The number of carbonyl (C=O) groups is 1. The van der Waals surface area contributed by atoms with E-state index >= 15 is 0 Å². The number of amides is 1. The van der Waals surface area contributed by atoms with Crippen molar-refractivity contribution in [3.05, 3.63) is 43.5 Å². The van der Waals surface area contributed by atoms with Gasteiger partial charge in [-0.1, -0.05) is 11.6 Å². The largest absolute Gasteiger partial charge is 0.352 e. The number of aryl methyl sites for hydroxylation is 1. The van der Waals surface area contributed by atoms with E-state index in [2.05, 4.69) is 31.2 Å². The van der Waals surface area contributed by atoms with Crippen molar-refractivity contribution >= 4 is 44.8 Å². The second kappa shape index (κ2) is 6.45. The Kier molecular flexibility index (Phi) is 4.90. The van der Waals surface area contributed by atoms with Crippen LogP contribution in [0.3, 0.4) is 0 Å². The molecule has 0 radical (unpaired) electrons. The summed E-state index contributed by atoms with van der Waals surface area (Å²) in [4.78, 5) is 20.2. The predicted molar refractivity (Wildman–Crippen MR) is 79.8 cm³/mol. The molecule has 2 heterocycles. The van der Waals surface area contributed by atoms with Crippen molar-refractivity contribution in [3.8, 4) is 0 Å². The van der Waals surface area contributed by atoms with Gasteiger partial charge in [-0.05, 0) is 28.9 Å². The molecule has 0 saturated carbocycles. The first-order valence-electron chi connectivity index (χ1n) is 5.56. The Morgan fingerprint density at radius 1 is 1.58 bits per heavy atom. The Morgan fingerprint density at radius 2 is 2.37 bits per heavy atom. The van der Waals surface area contributed by atoms with E-state index < -0.39 is 0 Å². The molecule has 0 aliphatic carbocycles. The number of nitrogens with zero attached hydrogens (tertiary/aromatic N) is 2. The summed E-state index contributed by atoms with van der Waals surface area (Å²) < 4.78 is 0.720. The molecule has 1 N–H and O–H groups in total. The molecule has 0 fully saturated rings. The van der Waals surface area contributed by atoms with Crippen LogP contribution in [0, 0.1) is 6.92 Å². The standard InChI is InChI=1S/C12H11BrClN3OS/c1-7-17-9(6-19-7)2-3-15-12(18)10-4-8(13)5-16-11(10)14/h4-6H,2-3H2,1H3,(H,15,18). The number of carbonyl (C=O) groups excluding carboxylic acids is 1. The Morgan fingerprint density at radius 3 is 3.05 bits per heavy atom. The highest BCUT2D eigenvalue weighted by molar-refractivity contribution is 9.10. The maximum atomic E-state index is 11.9. The fourth-order valence-electron chi connectivity index (χ4n) is 1.50. The van der Waals surface area contributed by atoms with Gasteiger partial charge in [-0.2, -0.15) is 0 Å². The minimum absolute atomic E-state index is 0.199. The third kappa shape index (κ3) is 3.99. The second-order valence-corrected chi connectivity index (χ2v) is 6.19. The van der Waals surface area contributed by atoms with E-state index in [4.69, 9.17) is 11.6 Å².